The first-order chi connectivity index (χ1) is 15.2. The summed E-state index contributed by atoms with van der Waals surface area (Å²) in [5, 5.41) is 0. The van der Waals surface area contributed by atoms with Crippen molar-refractivity contribution in [3.63, 3.8) is 0 Å². The maximum absolute atomic E-state index is 13.9. The van der Waals surface area contributed by atoms with E-state index in [2.05, 4.69) is 47.8 Å². The lowest BCUT2D eigenvalue weighted by Crippen LogP contribution is -2.49. The Morgan fingerprint density at radius 1 is 0.969 bits per heavy atom. The SMILES string of the molecule is CC1(C)OC(=O)[C@@H](Cc2c(Br)cc(Br)cc2Br)N1C(=O)c1ccccc1-c1ccccc1. The molecule has 1 atom stereocenters. The van der Waals surface area contributed by atoms with Gasteiger partial charge in [0, 0.05) is 25.4 Å². The van der Waals surface area contributed by atoms with Gasteiger partial charge < -0.3 is 4.74 Å². The summed E-state index contributed by atoms with van der Waals surface area (Å²) in [4.78, 5) is 28.4. The molecule has 1 fully saturated rings. The number of hydrogen-bond acceptors (Lipinski definition) is 3. The lowest BCUT2D eigenvalue weighted by molar-refractivity contribution is -0.148. The second kappa shape index (κ2) is 9.12. The molecule has 0 spiro atoms. The Labute approximate surface area is 212 Å². The van der Waals surface area contributed by atoms with Gasteiger partial charge in [0.15, 0.2) is 5.72 Å². The van der Waals surface area contributed by atoms with Crippen molar-refractivity contribution in [1.29, 1.82) is 0 Å². The van der Waals surface area contributed by atoms with Crippen molar-refractivity contribution >= 4 is 59.7 Å². The maximum atomic E-state index is 13.9. The van der Waals surface area contributed by atoms with Crippen molar-refractivity contribution in [2.24, 2.45) is 0 Å². The Bertz CT molecular complexity index is 1170. The lowest BCUT2D eigenvalue weighted by Gasteiger charge is -2.32. The van der Waals surface area contributed by atoms with Crippen molar-refractivity contribution in [2.75, 3.05) is 0 Å². The smallest absolute Gasteiger partial charge is 0.331 e. The number of halogens is 3. The average molecular weight is 622 g/mol. The number of carbonyl (C=O) groups excluding carboxylic acids is 2. The fraction of sp³-hybridized carbons (Fsp3) is 0.200. The second-order valence-electron chi connectivity index (χ2n) is 8.02. The molecule has 4 rings (SSSR count). The molecule has 0 radical (unpaired) electrons. The molecular weight excluding hydrogens is 602 g/mol. The van der Waals surface area contributed by atoms with Gasteiger partial charge in [-0.25, -0.2) is 4.79 Å². The van der Waals surface area contributed by atoms with E-state index in [0.717, 1.165) is 30.1 Å². The minimum Gasteiger partial charge on any atom is -0.438 e. The van der Waals surface area contributed by atoms with E-state index >= 15 is 0 Å². The van der Waals surface area contributed by atoms with Crippen LogP contribution in [0, 0.1) is 0 Å². The Morgan fingerprint density at radius 2 is 1.56 bits per heavy atom. The Kier molecular flexibility index (Phi) is 6.61. The van der Waals surface area contributed by atoms with E-state index in [1.807, 2.05) is 60.7 Å². The van der Waals surface area contributed by atoms with E-state index in [0.29, 0.717) is 12.0 Å². The number of hydrogen-bond donors (Lipinski definition) is 0. The van der Waals surface area contributed by atoms with Crippen molar-refractivity contribution in [3.05, 3.63) is 91.3 Å². The van der Waals surface area contributed by atoms with Crippen LogP contribution in [0.25, 0.3) is 11.1 Å². The van der Waals surface area contributed by atoms with Gasteiger partial charge in [-0.1, -0.05) is 96.3 Å². The summed E-state index contributed by atoms with van der Waals surface area (Å²) in [5.41, 5.74) is 2.11. The van der Waals surface area contributed by atoms with Gasteiger partial charge in [-0.15, -0.1) is 0 Å². The van der Waals surface area contributed by atoms with Crippen LogP contribution >= 0.6 is 47.8 Å². The molecule has 1 saturated heterocycles. The third-order valence-electron chi connectivity index (χ3n) is 5.48. The number of cyclic esters (lactones) is 1. The minimum atomic E-state index is -1.07. The van der Waals surface area contributed by atoms with Crippen LogP contribution in [-0.2, 0) is 16.0 Å². The molecule has 3 aromatic carbocycles. The van der Waals surface area contributed by atoms with Crippen molar-refractivity contribution in [2.45, 2.75) is 32.0 Å². The lowest BCUT2D eigenvalue weighted by atomic mass is 9.97. The van der Waals surface area contributed by atoms with Gasteiger partial charge in [-0.3, -0.25) is 9.69 Å². The molecule has 1 aliphatic heterocycles. The van der Waals surface area contributed by atoms with Gasteiger partial charge >= 0.3 is 5.97 Å². The summed E-state index contributed by atoms with van der Waals surface area (Å²) in [6, 6.07) is 20.3. The minimum absolute atomic E-state index is 0.241. The van der Waals surface area contributed by atoms with E-state index in [4.69, 9.17) is 4.74 Å². The van der Waals surface area contributed by atoms with Crippen LogP contribution in [0.4, 0.5) is 0 Å². The summed E-state index contributed by atoms with van der Waals surface area (Å²) in [5.74, 6) is -0.656. The van der Waals surface area contributed by atoms with Crippen LogP contribution in [0.5, 0.6) is 0 Å². The highest BCUT2D eigenvalue weighted by Crippen LogP contribution is 2.37. The highest BCUT2D eigenvalue weighted by Gasteiger charge is 2.50. The first-order valence-corrected chi connectivity index (χ1v) is 12.4. The molecule has 0 saturated carbocycles. The zero-order chi connectivity index (χ0) is 23.0. The van der Waals surface area contributed by atoms with Crippen molar-refractivity contribution in [3.8, 4) is 11.1 Å². The molecule has 1 aliphatic rings. The van der Waals surface area contributed by atoms with Crippen LogP contribution in [0.1, 0.15) is 29.8 Å². The molecule has 1 amide bonds. The van der Waals surface area contributed by atoms with Crippen LogP contribution in [0.3, 0.4) is 0 Å². The number of carbonyl (C=O) groups is 2. The third-order valence-corrected chi connectivity index (χ3v) is 7.35. The molecular formula is C25H20Br3NO3. The molecule has 0 unspecified atom stereocenters. The topological polar surface area (TPSA) is 46.6 Å². The summed E-state index contributed by atoms with van der Waals surface area (Å²) in [6.45, 7) is 3.50. The van der Waals surface area contributed by atoms with Crippen molar-refractivity contribution < 1.29 is 14.3 Å². The molecule has 1 heterocycles. The zero-order valence-corrected chi connectivity index (χ0v) is 22.2. The molecule has 0 aromatic heterocycles. The van der Waals surface area contributed by atoms with Crippen LogP contribution in [-0.4, -0.2) is 28.5 Å². The highest BCUT2D eigenvalue weighted by molar-refractivity contribution is 9.11. The number of benzene rings is 3. The number of nitrogens with zero attached hydrogens (tertiary/aromatic N) is 1. The summed E-state index contributed by atoms with van der Waals surface area (Å²) >= 11 is 10.6. The molecule has 7 heteroatoms. The van der Waals surface area contributed by atoms with Crippen LogP contribution in [0.15, 0.2) is 80.1 Å². The Hall–Kier alpha value is -1.96. The van der Waals surface area contributed by atoms with Crippen molar-refractivity contribution in [1.82, 2.24) is 4.90 Å². The molecule has 0 aliphatic carbocycles. The molecule has 3 aromatic rings. The van der Waals surface area contributed by atoms with Gasteiger partial charge in [0.05, 0.1) is 0 Å². The fourth-order valence-corrected chi connectivity index (χ4v) is 6.62. The monoisotopic (exact) mass is 619 g/mol. The molecule has 32 heavy (non-hydrogen) atoms. The second-order valence-corrected chi connectivity index (χ2v) is 10.6. The normalized spacial score (nSPS) is 17.3. The predicted octanol–water partition coefficient (Wildman–Crippen LogP) is 6.99. The molecule has 4 nitrogen and oxygen atoms in total. The number of ether oxygens (including phenoxy) is 1. The van der Waals surface area contributed by atoms with E-state index in [9.17, 15) is 9.59 Å². The average Bonchev–Trinajstić information content (AvgIpc) is 2.98. The van der Waals surface area contributed by atoms with Crippen LogP contribution in [0.2, 0.25) is 0 Å². The number of esters is 1. The van der Waals surface area contributed by atoms with Gasteiger partial charge in [0.25, 0.3) is 5.91 Å². The Morgan fingerprint density at radius 3 is 2.22 bits per heavy atom. The summed E-state index contributed by atoms with van der Waals surface area (Å²) < 4.78 is 8.25. The van der Waals surface area contributed by atoms with Gasteiger partial charge in [-0.2, -0.15) is 0 Å². The van der Waals surface area contributed by atoms with E-state index in [-0.39, 0.29) is 5.91 Å². The largest absolute Gasteiger partial charge is 0.438 e. The Balaban J connectivity index is 1.76. The summed E-state index contributed by atoms with van der Waals surface area (Å²) in [6.07, 6.45) is 0.315. The predicted molar refractivity (Wildman–Crippen MR) is 135 cm³/mol. The van der Waals surface area contributed by atoms with Gasteiger partial charge in [-0.05, 0) is 48.7 Å². The maximum Gasteiger partial charge on any atom is 0.331 e. The number of rotatable bonds is 4. The summed E-state index contributed by atoms with van der Waals surface area (Å²) in [7, 11) is 0. The first kappa shape index (κ1) is 23.2. The fourth-order valence-electron chi connectivity index (χ4n) is 4.03. The van der Waals surface area contributed by atoms with Gasteiger partial charge in [0.2, 0.25) is 0 Å². The number of amides is 1. The van der Waals surface area contributed by atoms with Crippen LogP contribution < -0.4 is 0 Å². The molecule has 0 N–H and O–H groups in total. The zero-order valence-electron chi connectivity index (χ0n) is 17.4. The van der Waals surface area contributed by atoms with E-state index in [1.165, 1.54) is 0 Å². The first-order valence-electron chi connectivity index (χ1n) is 10.0. The van der Waals surface area contributed by atoms with Gasteiger partial charge in [0.1, 0.15) is 6.04 Å². The third kappa shape index (κ3) is 4.43. The highest BCUT2D eigenvalue weighted by atomic mass is 79.9. The van der Waals surface area contributed by atoms with E-state index < -0.39 is 17.7 Å². The molecule has 0 bridgehead atoms. The quantitative estimate of drug-likeness (QED) is 0.295. The standard InChI is InChI=1S/C25H20Br3NO3/c1-25(2)29(22(24(31)32-25)14-19-20(27)12-16(26)13-21(19)28)23(30)18-11-7-6-10-17(18)15-8-4-3-5-9-15/h3-13,22H,14H2,1-2H3/t22-/m1/s1. The van der Waals surface area contributed by atoms with E-state index in [1.54, 1.807) is 24.8 Å². The molecule has 164 valence electrons.